The molecule has 1 saturated heterocycles. The van der Waals surface area contributed by atoms with Gasteiger partial charge in [-0.15, -0.1) is 0 Å². The van der Waals surface area contributed by atoms with Crippen LogP contribution in [0.5, 0.6) is 0 Å². The Hall–Kier alpha value is -1.30. The van der Waals surface area contributed by atoms with E-state index in [0.29, 0.717) is 16.5 Å². The van der Waals surface area contributed by atoms with E-state index >= 15 is 0 Å². The summed E-state index contributed by atoms with van der Waals surface area (Å²) in [6, 6.07) is 5.74. The second-order valence-corrected chi connectivity index (χ2v) is 5.15. The molecule has 0 saturated carbocycles. The number of nitrogens with zero attached hydrogens (tertiary/aromatic N) is 1. The molecule has 1 N–H and O–H groups in total. The molecule has 18 heavy (non-hydrogen) atoms. The topological polar surface area (TPSA) is 35.8 Å². The third-order valence-electron chi connectivity index (χ3n) is 3.38. The molecule has 3 heteroatoms. The van der Waals surface area contributed by atoms with E-state index in [-0.39, 0.29) is 0 Å². The average molecular weight is 261 g/mol. The summed E-state index contributed by atoms with van der Waals surface area (Å²) in [6.45, 7) is 4.18. The smallest absolute Gasteiger partial charge is 0.0992 e. The van der Waals surface area contributed by atoms with Crippen LogP contribution in [0.1, 0.15) is 29.5 Å². The maximum absolute atomic E-state index is 8.88. The molecular formula is C15H17ClN2. The largest absolute Gasteiger partial charge is 0.317 e. The lowest BCUT2D eigenvalue weighted by atomic mass is 9.96. The van der Waals surface area contributed by atoms with Gasteiger partial charge in [0.15, 0.2) is 0 Å². The van der Waals surface area contributed by atoms with E-state index in [2.05, 4.69) is 23.5 Å². The molecule has 1 aliphatic heterocycles. The number of rotatable bonds is 2. The Morgan fingerprint density at radius 2 is 2.11 bits per heavy atom. The molecule has 0 unspecified atom stereocenters. The number of nitrogens with one attached hydrogen (secondary N) is 1. The molecule has 0 radical (unpaired) electrons. The van der Waals surface area contributed by atoms with Crippen molar-refractivity contribution in [3.05, 3.63) is 39.9 Å². The van der Waals surface area contributed by atoms with Gasteiger partial charge in [0.05, 0.1) is 11.6 Å². The Bertz CT molecular complexity index is 471. The number of benzene rings is 1. The number of nitriles is 1. The highest BCUT2D eigenvalue weighted by Gasteiger charge is 2.10. The van der Waals surface area contributed by atoms with Crippen LogP contribution < -0.4 is 5.32 Å². The van der Waals surface area contributed by atoms with Crippen LogP contribution in [0.15, 0.2) is 18.2 Å². The molecule has 0 aliphatic carbocycles. The number of allylic oxidation sites excluding steroid dienone is 1. The van der Waals surface area contributed by atoms with E-state index in [1.54, 1.807) is 6.07 Å². The van der Waals surface area contributed by atoms with Crippen molar-refractivity contribution >= 4 is 17.7 Å². The zero-order valence-corrected chi connectivity index (χ0v) is 11.3. The van der Waals surface area contributed by atoms with Crippen LogP contribution in [-0.4, -0.2) is 13.1 Å². The van der Waals surface area contributed by atoms with Crippen molar-refractivity contribution in [1.82, 2.24) is 5.32 Å². The number of halogens is 1. The molecule has 2 nitrogen and oxygen atoms in total. The minimum atomic E-state index is 0.622. The highest BCUT2D eigenvalue weighted by Crippen LogP contribution is 2.25. The fourth-order valence-corrected chi connectivity index (χ4v) is 2.63. The summed E-state index contributed by atoms with van der Waals surface area (Å²) in [7, 11) is 0. The molecule has 0 amide bonds. The van der Waals surface area contributed by atoms with Gasteiger partial charge < -0.3 is 5.32 Å². The van der Waals surface area contributed by atoms with Crippen LogP contribution in [0.2, 0.25) is 5.02 Å². The maximum Gasteiger partial charge on any atom is 0.0992 e. The number of aryl methyl sites for hydroxylation is 1. The maximum atomic E-state index is 8.88. The van der Waals surface area contributed by atoms with Crippen LogP contribution in [-0.2, 0) is 0 Å². The first-order valence-electron chi connectivity index (χ1n) is 6.30. The lowest BCUT2D eigenvalue weighted by Crippen LogP contribution is -2.26. The molecule has 1 fully saturated rings. The molecule has 0 aromatic heterocycles. The van der Waals surface area contributed by atoms with Crippen LogP contribution in [0.3, 0.4) is 0 Å². The van der Waals surface area contributed by atoms with Gasteiger partial charge in [0, 0.05) is 5.02 Å². The molecule has 1 heterocycles. The van der Waals surface area contributed by atoms with E-state index in [9.17, 15) is 0 Å². The van der Waals surface area contributed by atoms with Gasteiger partial charge in [-0.25, -0.2) is 0 Å². The van der Waals surface area contributed by atoms with Gasteiger partial charge in [-0.1, -0.05) is 23.8 Å². The summed E-state index contributed by atoms with van der Waals surface area (Å²) in [5.41, 5.74) is 2.72. The summed E-state index contributed by atoms with van der Waals surface area (Å²) in [6.07, 6.45) is 6.73. The van der Waals surface area contributed by atoms with Gasteiger partial charge in [-0.05, 0) is 62.0 Å². The molecule has 1 aromatic rings. The number of piperidine rings is 1. The predicted molar refractivity (Wildman–Crippen MR) is 75.5 cm³/mol. The van der Waals surface area contributed by atoms with E-state index in [1.165, 1.54) is 12.8 Å². The molecule has 94 valence electrons. The summed E-state index contributed by atoms with van der Waals surface area (Å²) in [5, 5.41) is 12.9. The van der Waals surface area contributed by atoms with E-state index in [1.807, 2.05) is 13.0 Å². The lowest BCUT2D eigenvalue weighted by molar-refractivity contribution is 0.438. The van der Waals surface area contributed by atoms with E-state index < -0.39 is 0 Å². The third-order valence-corrected chi connectivity index (χ3v) is 3.70. The van der Waals surface area contributed by atoms with E-state index in [0.717, 1.165) is 24.2 Å². The van der Waals surface area contributed by atoms with Gasteiger partial charge >= 0.3 is 0 Å². The van der Waals surface area contributed by atoms with Gasteiger partial charge in [0.1, 0.15) is 0 Å². The summed E-state index contributed by atoms with van der Waals surface area (Å²) in [4.78, 5) is 0. The highest BCUT2D eigenvalue weighted by molar-refractivity contribution is 6.32. The van der Waals surface area contributed by atoms with Crippen LogP contribution in [0.25, 0.3) is 6.08 Å². The first-order valence-corrected chi connectivity index (χ1v) is 6.67. The van der Waals surface area contributed by atoms with Crippen molar-refractivity contribution in [2.45, 2.75) is 19.8 Å². The van der Waals surface area contributed by atoms with Gasteiger partial charge in [0.2, 0.25) is 0 Å². The third kappa shape index (κ3) is 3.13. The SMILES string of the molecule is Cc1cc(C#N)cc(Cl)c1/C=C/C1CCNCC1. The lowest BCUT2D eigenvalue weighted by Gasteiger charge is -2.19. The summed E-state index contributed by atoms with van der Waals surface area (Å²) >= 11 is 6.22. The number of hydrogen-bond acceptors (Lipinski definition) is 2. The first kappa shape index (κ1) is 13.1. The standard InChI is InChI=1S/C15H17ClN2/c1-11-8-13(10-17)9-15(16)14(11)3-2-12-4-6-18-7-5-12/h2-3,8-9,12,18H,4-7H2,1H3/b3-2+. The van der Waals surface area contributed by atoms with E-state index in [4.69, 9.17) is 16.9 Å². The summed E-state index contributed by atoms with van der Waals surface area (Å²) < 4.78 is 0. The zero-order chi connectivity index (χ0) is 13.0. The fourth-order valence-electron chi connectivity index (χ4n) is 2.30. The van der Waals surface area contributed by atoms with Gasteiger partial charge in [0.25, 0.3) is 0 Å². The summed E-state index contributed by atoms with van der Waals surface area (Å²) in [5.74, 6) is 0.636. The van der Waals surface area contributed by atoms with Crippen molar-refractivity contribution < 1.29 is 0 Å². The normalized spacial score (nSPS) is 16.9. The number of hydrogen-bond donors (Lipinski definition) is 1. The Morgan fingerprint density at radius 3 is 2.72 bits per heavy atom. The quantitative estimate of drug-likeness (QED) is 0.883. The van der Waals surface area contributed by atoms with Crippen molar-refractivity contribution in [3.63, 3.8) is 0 Å². The monoisotopic (exact) mass is 260 g/mol. The molecule has 2 rings (SSSR count). The molecule has 0 bridgehead atoms. The second-order valence-electron chi connectivity index (χ2n) is 4.75. The zero-order valence-electron chi connectivity index (χ0n) is 10.5. The highest BCUT2D eigenvalue weighted by atomic mass is 35.5. The van der Waals surface area contributed by atoms with Crippen molar-refractivity contribution in [2.24, 2.45) is 5.92 Å². The van der Waals surface area contributed by atoms with Crippen LogP contribution >= 0.6 is 11.6 Å². The second kappa shape index (κ2) is 6.04. The van der Waals surface area contributed by atoms with Crippen LogP contribution in [0, 0.1) is 24.2 Å². The molecule has 1 aliphatic rings. The molecular weight excluding hydrogens is 244 g/mol. The van der Waals surface area contributed by atoms with Crippen molar-refractivity contribution in [3.8, 4) is 6.07 Å². The Balaban J connectivity index is 2.18. The molecule has 1 aromatic carbocycles. The Morgan fingerprint density at radius 1 is 1.39 bits per heavy atom. The first-order chi connectivity index (χ1) is 8.70. The molecule has 0 atom stereocenters. The minimum Gasteiger partial charge on any atom is -0.317 e. The average Bonchev–Trinajstić information content (AvgIpc) is 2.38. The van der Waals surface area contributed by atoms with Crippen molar-refractivity contribution in [1.29, 1.82) is 5.26 Å². The fraction of sp³-hybridized carbons (Fsp3) is 0.400. The Labute approximate surface area is 113 Å². The predicted octanol–water partition coefficient (Wildman–Crippen LogP) is 3.53. The molecule has 0 spiro atoms. The van der Waals surface area contributed by atoms with Crippen molar-refractivity contribution in [2.75, 3.05) is 13.1 Å². The van der Waals surface area contributed by atoms with Gasteiger partial charge in [-0.3, -0.25) is 0 Å². The van der Waals surface area contributed by atoms with Crippen LogP contribution in [0.4, 0.5) is 0 Å². The Kier molecular flexibility index (Phi) is 4.41. The van der Waals surface area contributed by atoms with Gasteiger partial charge in [-0.2, -0.15) is 5.26 Å². The minimum absolute atomic E-state index is 0.622.